The fraction of sp³-hybridized carbons (Fsp3) is 0.500. The lowest BCUT2D eigenvalue weighted by Crippen LogP contribution is -2.12. The van der Waals surface area contributed by atoms with Gasteiger partial charge < -0.3 is 9.47 Å². The van der Waals surface area contributed by atoms with Gasteiger partial charge in [-0.1, -0.05) is 11.3 Å². The molecule has 0 radical (unpaired) electrons. The van der Waals surface area contributed by atoms with E-state index in [9.17, 15) is 4.79 Å². The van der Waals surface area contributed by atoms with E-state index < -0.39 is 6.09 Å². The number of nitrogens with zero attached hydrogens (tertiary/aromatic N) is 3. The van der Waals surface area contributed by atoms with Crippen molar-refractivity contribution in [2.24, 2.45) is 0 Å². The van der Waals surface area contributed by atoms with Crippen molar-refractivity contribution in [2.75, 3.05) is 25.1 Å². The molecule has 20 heavy (non-hydrogen) atoms. The van der Waals surface area contributed by atoms with Crippen LogP contribution in [0.3, 0.4) is 0 Å². The van der Waals surface area contributed by atoms with E-state index in [1.165, 1.54) is 11.3 Å². The van der Waals surface area contributed by atoms with Gasteiger partial charge in [-0.2, -0.15) is 4.98 Å². The summed E-state index contributed by atoms with van der Waals surface area (Å²) in [5, 5.41) is 3.01. The number of ether oxygens (including phenoxy) is 2. The van der Waals surface area contributed by atoms with Gasteiger partial charge in [-0.05, 0) is 13.3 Å². The standard InChI is InChI=1S/C12H14N4O3S/c1-2-19-12(17)16-11-15-9-10(20-11)14-8(5-13-9)7-3-4-18-6-7/h5,7H,2-4,6H2,1H3,(H,13,15,16,17). The van der Waals surface area contributed by atoms with Crippen molar-refractivity contribution in [3.05, 3.63) is 11.9 Å². The second kappa shape index (κ2) is 5.68. The number of thiazole rings is 1. The Labute approximate surface area is 119 Å². The molecular formula is C12H14N4O3S. The number of amides is 1. The Bertz CT molecular complexity index is 624. The monoisotopic (exact) mass is 294 g/mol. The van der Waals surface area contributed by atoms with Gasteiger partial charge in [0.1, 0.15) is 0 Å². The second-order valence-corrected chi connectivity index (χ2v) is 5.33. The van der Waals surface area contributed by atoms with Crippen molar-refractivity contribution in [1.29, 1.82) is 0 Å². The van der Waals surface area contributed by atoms with Crippen LogP contribution in [0.15, 0.2) is 6.20 Å². The lowest BCUT2D eigenvalue weighted by molar-refractivity contribution is 0.168. The summed E-state index contributed by atoms with van der Waals surface area (Å²) in [5.74, 6) is 0.301. The first-order valence-corrected chi connectivity index (χ1v) is 7.23. The van der Waals surface area contributed by atoms with Crippen LogP contribution in [-0.4, -0.2) is 40.9 Å². The molecule has 3 rings (SSSR count). The predicted octanol–water partition coefficient (Wildman–Crippen LogP) is 2.16. The SMILES string of the molecule is CCOC(=O)Nc1nc2ncc(C3CCOC3)nc2s1. The van der Waals surface area contributed by atoms with E-state index in [0.29, 0.717) is 34.7 Å². The summed E-state index contributed by atoms with van der Waals surface area (Å²) in [5.41, 5.74) is 1.45. The van der Waals surface area contributed by atoms with Crippen LogP contribution in [0.2, 0.25) is 0 Å². The first-order valence-electron chi connectivity index (χ1n) is 6.41. The van der Waals surface area contributed by atoms with E-state index in [0.717, 1.165) is 18.7 Å². The van der Waals surface area contributed by atoms with Crippen LogP contribution in [0.4, 0.5) is 9.93 Å². The van der Waals surface area contributed by atoms with Gasteiger partial charge in [0.15, 0.2) is 15.6 Å². The summed E-state index contributed by atoms with van der Waals surface area (Å²) < 4.78 is 10.2. The van der Waals surface area contributed by atoms with Gasteiger partial charge in [-0.15, -0.1) is 0 Å². The first-order chi connectivity index (χ1) is 9.76. The minimum atomic E-state index is -0.518. The Balaban J connectivity index is 1.81. The molecule has 1 atom stereocenters. The zero-order valence-corrected chi connectivity index (χ0v) is 11.8. The number of anilines is 1. The fourth-order valence-electron chi connectivity index (χ4n) is 2.01. The van der Waals surface area contributed by atoms with Gasteiger partial charge in [0, 0.05) is 12.5 Å². The van der Waals surface area contributed by atoms with Gasteiger partial charge in [-0.25, -0.2) is 14.8 Å². The number of aromatic nitrogens is 3. The summed E-state index contributed by atoms with van der Waals surface area (Å²) in [6.45, 7) is 3.52. The largest absolute Gasteiger partial charge is 0.450 e. The predicted molar refractivity (Wildman–Crippen MR) is 74.0 cm³/mol. The topological polar surface area (TPSA) is 86.2 Å². The lowest BCUT2D eigenvalue weighted by atomic mass is 10.1. The van der Waals surface area contributed by atoms with Gasteiger partial charge in [-0.3, -0.25) is 5.32 Å². The number of rotatable bonds is 3. The Hall–Kier alpha value is -1.80. The van der Waals surface area contributed by atoms with Crippen molar-refractivity contribution in [3.63, 3.8) is 0 Å². The molecule has 106 valence electrons. The van der Waals surface area contributed by atoms with Gasteiger partial charge in [0.05, 0.1) is 25.1 Å². The minimum absolute atomic E-state index is 0.301. The molecule has 1 amide bonds. The highest BCUT2D eigenvalue weighted by molar-refractivity contribution is 7.21. The third-order valence-corrected chi connectivity index (χ3v) is 3.83. The molecule has 1 N–H and O–H groups in total. The van der Waals surface area contributed by atoms with Crippen LogP contribution in [-0.2, 0) is 9.47 Å². The molecule has 1 fully saturated rings. The summed E-state index contributed by atoms with van der Waals surface area (Å²) in [6, 6.07) is 0. The maximum atomic E-state index is 11.3. The summed E-state index contributed by atoms with van der Waals surface area (Å²) in [7, 11) is 0. The molecule has 0 bridgehead atoms. The Morgan fingerprint density at radius 3 is 3.25 bits per heavy atom. The average molecular weight is 294 g/mol. The first kappa shape index (κ1) is 13.2. The summed E-state index contributed by atoms with van der Waals surface area (Å²) >= 11 is 1.29. The molecule has 0 spiro atoms. The molecule has 1 saturated heterocycles. The molecule has 1 unspecified atom stereocenters. The number of fused-ring (bicyclic) bond motifs is 1. The molecule has 3 heterocycles. The number of hydrogen-bond acceptors (Lipinski definition) is 7. The van der Waals surface area contributed by atoms with E-state index >= 15 is 0 Å². The molecule has 0 saturated carbocycles. The number of carbonyl (C=O) groups excluding carboxylic acids is 1. The van der Waals surface area contributed by atoms with Gasteiger partial charge >= 0.3 is 6.09 Å². The molecular weight excluding hydrogens is 280 g/mol. The highest BCUT2D eigenvalue weighted by atomic mass is 32.1. The Kier molecular flexibility index (Phi) is 3.75. The van der Waals surface area contributed by atoms with E-state index in [4.69, 9.17) is 9.47 Å². The summed E-state index contributed by atoms with van der Waals surface area (Å²) in [4.78, 5) is 25.1. The van der Waals surface area contributed by atoms with Crippen LogP contribution < -0.4 is 5.32 Å². The molecule has 2 aromatic heterocycles. The smallest absolute Gasteiger partial charge is 0.413 e. The van der Waals surface area contributed by atoms with E-state index in [1.54, 1.807) is 13.1 Å². The number of carbonyl (C=O) groups is 1. The van der Waals surface area contributed by atoms with Crippen molar-refractivity contribution < 1.29 is 14.3 Å². The Morgan fingerprint density at radius 2 is 2.50 bits per heavy atom. The molecule has 7 nitrogen and oxygen atoms in total. The van der Waals surface area contributed by atoms with Crippen molar-refractivity contribution >= 4 is 33.0 Å². The van der Waals surface area contributed by atoms with Crippen LogP contribution in [0, 0.1) is 0 Å². The second-order valence-electron chi connectivity index (χ2n) is 4.35. The average Bonchev–Trinajstić information content (AvgIpc) is 3.06. The van der Waals surface area contributed by atoms with Gasteiger partial charge in [0.25, 0.3) is 0 Å². The molecule has 8 heteroatoms. The molecule has 0 aliphatic carbocycles. The van der Waals surface area contributed by atoms with Crippen LogP contribution in [0.5, 0.6) is 0 Å². The van der Waals surface area contributed by atoms with E-state index in [-0.39, 0.29) is 0 Å². The fourth-order valence-corrected chi connectivity index (χ4v) is 2.80. The Morgan fingerprint density at radius 1 is 1.60 bits per heavy atom. The minimum Gasteiger partial charge on any atom is -0.450 e. The third-order valence-electron chi connectivity index (χ3n) is 2.97. The molecule has 2 aromatic rings. The highest BCUT2D eigenvalue weighted by Gasteiger charge is 2.20. The quantitative estimate of drug-likeness (QED) is 0.933. The highest BCUT2D eigenvalue weighted by Crippen LogP contribution is 2.27. The van der Waals surface area contributed by atoms with Gasteiger partial charge in [0.2, 0.25) is 0 Å². The van der Waals surface area contributed by atoms with Crippen molar-refractivity contribution in [2.45, 2.75) is 19.3 Å². The van der Waals surface area contributed by atoms with Crippen molar-refractivity contribution in [3.8, 4) is 0 Å². The maximum absolute atomic E-state index is 11.3. The normalized spacial score (nSPS) is 18.4. The van der Waals surface area contributed by atoms with E-state index in [2.05, 4.69) is 20.3 Å². The lowest BCUT2D eigenvalue weighted by Gasteiger charge is -2.04. The van der Waals surface area contributed by atoms with Crippen LogP contribution in [0.1, 0.15) is 25.0 Å². The molecule has 1 aliphatic rings. The number of nitrogens with one attached hydrogen (secondary N) is 1. The number of hydrogen-bond donors (Lipinski definition) is 1. The summed E-state index contributed by atoms with van der Waals surface area (Å²) in [6.07, 6.45) is 2.18. The van der Waals surface area contributed by atoms with Crippen LogP contribution >= 0.6 is 11.3 Å². The maximum Gasteiger partial charge on any atom is 0.413 e. The third kappa shape index (κ3) is 2.70. The van der Waals surface area contributed by atoms with E-state index in [1.807, 2.05) is 0 Å². The van der Waals surface area contributed by atoms with Crippen LogP contribution in [0.25, 0.3) is 10.5 Å². The van der Waals surface area contributed by atoms with Crippen molar-refractivity contribution in [1.82, 2.24) is 15.0 Å². The molecule has 0 aromatic carbocycles. The zero-order valence-electron chi connectivity index (χ0n) is 11.0. The molecule has 1 aliphatic heterocycles. The zero-order chi connectivity index (χ0) is 13.9.